The van der Waals surface area contributed by atoms with Crippen LogP contribution >= 0.6 is 0 Å². The molecule has 22 heavy (non-hydrogen) atoms. The number of benzene rings is 2. The Balaban J connectivity index is 2.06. The maximum Gasteiger partial charge on any atom is 0.261 e. The second kappa shape index (κ2) is 5.29. The first kappa shape index (κ1) is 14.3. The number of hydrogen-bond donors (Lipinski definition) is 0. The molecule has 0 saturated carbocycles. The van der Waals surface area contributed by atoms with Crippen LogP contribution in [0.1, 0.15) is 27.1 Å². The SMILES string of the molecule is O=C1CCN(C(=O)c2ccc(F)c(F)c2F)c2ccccc21. The molecule has 0 unspecified atom stereocenters. The monoisotopic (exact) mass is 305 g/mol. The summed E-state index contributed by atoms with van der Waals surface area (Å²) in [6, 6.07) is 8.02. The van der Waals surface area contributed by atoms with Crippen molar-refractivity contribution in [2.24, 2.45) is 0 Å². The van der Waals surface area contributed by atoms with Gasteiger partial charge in [0, 0.05) is 18.5 Å². The lowest BCUT2D eigenvalue weighted by Crippen LogP contribution is -2.38. The summed E-state index contributed by atoms with van der Waals surface area (Å²) in [4.78, 5) is 25.5. The van der Waals surface area contributed by atoms with E-state index in [0.29, 0.717) is 17.3 Å². The van der Waals surface area contributed by atoms with Crippen LogP contribution in [0.15, 0.2) is 36.4 Å². The molecule has 112 valence electrons. The van der Waals surface area contributed by atoms with Gasteiger partial charge in [0.05, 0.1) is 11.3 Å². The average Bonchev–Trinajstić information content (AvgIpc) is 2.53. The van der Waals surface area contributed by atoms with Gasteiger partial charge in [-0.2, -0.15) is 0 Å². The van der Waals surface area contributed by atoms with E-state index in [0.717, 1.165) is 6.07 Å². The number of anilines is 1. The van der Waals surface area contributed by atoms with Crippen LogP contribution in [0.3, 0.4) is 0 Å². The van der Waals surface area contributed by atoms with Gasteiger partial charge in [0.15, 0.2) is 23.2 Å². The molecular weight excluding hydrogens is 295 g/mol. The van der Waals surface area contributed by atoms with Crippen LogP contribution in [0, 0.1) is 17.5 Å². The lowest BCUT2D eigenvalue weighted by atomic mass is 9.99. The molecule has 2 aromatic rings. The largest absolute Gasteiger partial charge is 0.307 e. The smallest absolute Gasteiger partial charge is 0.261 e. The fourth-order valence-electron chi connectivity index (χ4n) is 2.46. The van der Waals surface area contributed by atoms with Crippen LogP contribution < -0.4 is 4.90 Å². The Kier molecular flexibility index (Phi) is 3.44. The molecule has 0 fully saturated rings. The van der Waals surface area contributed by atoms with Gasteiger partial charge in [0.25, 0.3) is 5.91 Å². The highest BCUT2D eigenvalue weighted by molar-refractivity contribution is 6.13. The molecule has 1 aliphatic heterocycles. The number of halogens is 3. The number of rotatable bonds is 1. The topological polar surface area (TPSA) is 37.4 Å². The van der Waals surface area contributed by atoms with Gasteiger partial charge in [-0.1, -0.05) is 12.1 Å². The van der Waals surface area contributed by atoms with E-state index in [9.17, 15) is 22.8 Å². The predicted octanol–water partition coefficient (Wildman–Crippen LogP) is 3.34. The van der Waals surface area contributed by atoms with E-state index in [1.54, 1.807) is 24.3 Å². The Morgan fingerprint density at radius 1 is 1.00 bits per heavy atom. The van der Waals surface area contributed by atoms with Gasteiger partial charge in [-0.15, -0.1) is 0 Å². The highest BCUT2D eigenvalue weighted by Crippen LogP contribution is 2.29. The van der Waals surface area contributed by atoms with E-state index < -0.39 is 28.9 Å². The predicted molar refractivity (Wildman–Crippen MR) is 73.4 cm³/mol. The first-order valence-electron chi connectivity index (χ1n) is 6.58. The van der Waals surface area contributed by atoms with Crippen LogP contribution in [0.5, 0.6) is 0 Å². The summed E-state index contributed by atoms with van der Waals surface area (Å²) in [5, 5.41) is 0. The number of Topliss-reactive ketones (excluding diaryl/α,β-unsaturated/α-hetero) is 1. The van der Waals surface area contributed by atoms with Crippen molar-refractivity contribution < 1.29 is 22.8 Å². The van der Waals surface area contributed by atoms with Crippen molar-refractivity contribution in [1.29, 1.82) is 0 Å². The minimum absolute atomic E-state index is 0.0626. The maximum atomic E-state index is 13.8. The summed E-state index contributed by atoms with van der Waals surface area (Å²) in [5.74, 6) is -5.50. The van der Waals surface area contributed by atoms with Gasteiger partial charge in [0.2, 0.25) is 0 Å². The van der Waals surface area contributed by atoms with Gasteiger partial charge in [-0.3, -0.25) is 9.59 Å². The van der Waals surface area contributed by atoms with Gasteiger partial charge >= 0.3 is 0 Å². The van der Waals surface area contributed by atoms with Crippen LogP contribution in [0.4, 0.5) is 18.9 Å². The molecule has 2 aromatic carbocycles. The number of fused-ring (bicyclic) bond motifs is 1. The molecule has 1 heterocycles. The summed E-state index contributed by atoms with van der Waals surface area (Å²) >= 11 is 0. The number of amides is 1. The fourth-order valence-corrected chi connectivity index (χ4v) is 2.46. The Bertz CT molecular complexity index is 789. The minimum Gasteiger partial charge on any atom is -0.307 e. The van der Waals surface area contributed by atoms with E-state index in [2.05, 4.69) is 0 Å². The van der Waals surface area contributed by atoms with Crippen LogP contribution in [0.2, 0.25) is 0 Å². The van der Waals surface area contributed by atoms with Crippen molar-refractivity contribution in [3.05, 3.63) is 65.0 Å². The molecule has 0 aliphatic carbocycles. The number of ketones is 1. The quantitative estimate of drug-likeness (QED) is 0.758. The molecule has 0 radical (unpaired) electrons. The third kappa shape index (κ3) is 2.16. The zero-order chi connectivity index (χ0) is 15.9. The number of hydrogen-bond acceptors (Lipinski definition) is 2. The summed E-state index contributed by atoms with van der Waals surface area (Å²) in [5.41, 5.74) is 0.126. The van der Waals surface area contributed by atoms with Gasteiger partial charge in [-0.05, 0) is 24.3 Å². The lowest BCUT2D eigenvalue weighted by Gasteiger charge is -2.28. The van der Waals surface area contributed by atoms with Crippen molar-refractivity contribution in [1.82, 2.24) is 0 Å². The summed E-state index contributed by atoms with van der Waals surface area (Å²) in [6.45, 7) is 0.0626. The van der Waals surface area contributed by atoms with Gasteiger partial charge in [0.1, 0.15) is 0 Å². The molecule has 0 N–H and O–H groups in total. The third-order valence-corrected chi connectivity index (χ3v) is 3.57. The Hall–Kier alpha value is -2.63. The second-order valence-corrected chi connectivity index (χ2v) is 4.87. The summed E-state index contributed by atoms with van der Waals surface area (Å²) in [7, 11) is 0. The number of nitrogens with zero attached hydrogens (tertiary/aromatic N) is 1. The van der Waals surface area contributed by atoms with Crippen molar-refractivity contribution in [3.8, 4) is 0 Å². The molecule has 0 spiro atoms. The first-order chi connectivity index (χ1) is 10.5. The van der Waals surface area contributed by atoms with Crippen molar-refractivity contribution in [2.75, 3.05) is 11.4 Å². The number of para-hydroxylation sites is 1. The van der Waals surface area contributed by atoms with E-state index >= 15 is 0 Å². The molecular formula is C16H10F3NO2. The second-order valence-electron chi connectivity index (χ2n) is 4.87. The van der Waals surface area contributed by atoms with E-state index in [4.69, 9.17) is 0 Å². The highest BCUT2D eigenvalue weighted by atomic mass is 19.2. The Labute approximate surface area is 124 Å². The van der Waals surface area contributed by atoms with Gasteiger partial charge < -0.3 is 4.90 Å². The summed E-state index contributed by atoms with van der Waals surface area (Å²) in [6.07, 6.45) is 0.0913. The van der Waals surface area contributed by atoms with E-state index in [1.165, 1.54) is 4.90 Å². The zero-order valence-electron chi connectivity index (χ0n) is 11.3. The molecule has 6 heteroatoms. The van der Waals surface area contributed by atoms with Crippen LogP contribution in [-0.2, 0) is 0 Å². The minimum atomic E-state index is -1.69. The molecule has 3 rings (SSSR count). The number of carbonyl (C=O) groups excluding carboxylic acids is 2. The molecule has 1 aliphatic rings. The molecule has 0 bridgehead atoms. The summed E-state index contributed by atoms with van der Waals surface area (Å²) < 4.78 is 40.1. The average molecular weight is 305 g/mol. The Morgan fingerprint density at radius 3 is 2.50 bits per heavy atom. The van der Waals surface area contributed by atoms with Crippen LogP contribution in [-0.4, -0.2) is 18.2 Å². The molecule has 0 saturated heterocycles. The van der Waals surface area contributed by atoms with E-state index in [1.807, 2.05) is 0 Å². The van der Waals surface area contributed by atoms with Crippen LogP contribution in [0.25, 0.3) is 0 Å². The normalized spacial score (nSPS) is 14.0. The van der Waals surface area contributed by atoms with E-state index in [-0.39, 0.29) is 18.7 Å². The lowest BCUT2D eigenvalue weighted by molar-refractivity contribution is 0.0952. The van der Waals surface area contributed by atoms with Crippen molar-refractivity contribution >= 4 is 17.4 Å². The van der Waals surface area contributed by atoms with Gasteiger partial charge in [-0.25, -0.2) is 13.2 Å². The third-order valence-electron chi connectivity index (χ3n) is 3.57. The van der Waals surface area contributed by atoms with Crippen molar-refractivity contribution in [3.63, 3.8) is 0 Å². The fraction of sp³-hybridized carbons (Fsp3) is 0.125. The zero-order valence-corrected chi connectivity index (χ0v) is 11.3. The van der Waals surface area contributed by atoms with Crippen molar-refractivity contribution in [2.45, 2.75) is 6.42 Å². The molecule has 0 atom stereocenters. The highest BCUT2D eigenvalue weighted by Gasteiger charge is 2.30. The molecule has 1 amide bonds. The number of carbonyl (C=O) groups is 2. The maximum absolute atomic E-state index is 13.8. The first-order valence-corrected chi connectivity index (χ1v) is 6.58. The molecule has 3 nitrogen and oxygen atoms in total. The Morgan fingerprint density at radius 2 is 1.73 bits per heavy atom. The standard InChI is InChI=1S/C16H10F3NO2/c17-11-6-5-10(14(18)15(11)19)16(22)20-8-7-13(21)9-3-1-2-4-12(9)20/h1-6H,7-8H2. The molecule has 0 aromatic heterocycles.